The van der Waals surface area contributed by atoms with Gasteiger partial charge < -0.3 is 10.2 Å². The molecule has 1 fully saturated rings. The highest BCUT2D eigenvalue weighted by Gasteiger charge is 2.66. The van der Waals surface area contributed by atoms with Gasteiger partial charge in [-0.3, -0.25) is 4.79 Å². The Hall–Kier alpha value is -0.570. The van der Waals surface area contributed by atoms with Gasteiger partial charge >= 0.3 is 5.97 Å². The number of carboxylic acid groups (broad SMARTS) is 1. The second kappa shape index (κ2) is 2.71. The van der Waals surface area contributed by atoms with E-state index >= 15 is 0 Å². The van der Waals surface area contributed by atoms with Gasteiger partial charge in [0.2, 0.25) is 0 Å². The largest absolute Gasteiger partial charge is 0.481 e. The van der Waals surface area contributed by atoms with E-state index in [9.17, 15) is 4.79 Å². The Morgan fingerprint density at radius 3 is 2.15 bits per heavy atom. The normalized spacial score (nSPS) is 31.5. The van der Waals surface area contributed by atoms with Gasteiger partial charge in [-0.15, -0.1) is 0 Å². The summed E-state index contributed by atoms with van der Waals surface area (Å²) < 4.78 is 0. The van der Waals surface area contributed by atoms with E-state index in [1.54, 1.807) is 0 Å². The molecule has 3 nitrogen and oxygen atoms in total. The zero-order chi connectivity index (χ0) is 10.4. The minimum atomic E-state index is -0.739. The summed E-state index contributed by atoms with van der Waals surface area (Å²) in [5.74, 6) is -0.950. The lowest BCUT2D eigenvalue weighted by atomic mass is 9.84. The number of hydrogen-bond donors (Lipinski definition) is 2. The van der Waals surface area contributed by atoms with E-state index in [-0.39, 0.29) is 29.3 Å². The minimum absolute atomic E-state index is 0.0465. The maximum Gasteiger partial charge on any atom is 0.307 e. The Morgan fingerprint density at radius 2 is 1.92 bits per heavy atom. The summed E-state index contributed by atoms with van der Waals surface area (Å²) in [5.41, 5.74) is -0.454. The van der Waals surface area contributed by atoms with Gasteiger partial charge in [0, 0.05) is 6.61 Å². The molecule has 3 heteroatoms. The average Bonchev–Trinajstić information content (AvgIpc) is 2.54. The molecule has 13 heavy (non-hydrogen) atoms. The summed E-state index contributed by atoms with van der Waals surface area (Å²) >= 11 is 0. The van der Waals surface area contributed by atoms with Crippen LogP contribution in [0.4, 0.5) is 0 Å². The highest BCUT2D eigenvalue weighted by Crippen LogP contribution is 2.65. The fourth-order valence-electron chi connectivity index (χ4n) is 2.66. The van der Waals surface area contributed by atoms with Crippen LogP contribution in [0.2, 0.25) is 0 Å². The molecule has 0 saturated heterocycles. The average molecular weight is 186 g/mol. The smallest absolute Gasteiger partial charge is 0.307 e. The van der Waals surface area contributed by atoms with Crippen LogP contribution < -0.4 is 0 Å². The Bertz CT molecular complexity index is 230. The van der Waals surface area contributed by atoms with Crippen LogP contribution in [0.5, 0.6) is 0 Å². The Balaban J connectivity index is 2.82. The van der Waals surface area contributed by atoms with E-state index in [4.69, 9.17) is 10.2 Å². The summed E-state index contributed by atoms with van der Waals surface area (Å²) in [6.45, 7) is 7.79. The molecule has 2 N–H and O–H groups in total. The molecule has 0 aliphatic heterocycles. The van der Waals surface area contributed by atoms with Crippen molar-refractivity contribution < 1.29 is 15.0 Å². The molecule has 0 unspecified atom stereocenters. The van der Waals surface area contributed by atoms with Gasteiger partial charge in [0.15, 0.2) is 0 Å². The zero-order valence-electron chi connectivity index (χ0n) is 8.66. The predicted octanol–water partition coefficient (Wildman–Crippen LogP) is 1.36. The first kappa shape index (κ1) is 10.5. The maximum atomic E-state index is 10.9. The minimum Gasteiger partial charge on any atom is -0.481 e. The molecule has 76 valence electrons. The third-order valence-electron chi connectivity index (χ3n) is 3.34. The Labute approximate surface area is 78.8 Å². The van der Waals surface area contributed by atoms with E-state index in [1.165, 1.54) is 0 Å². The molecule has 0 heterocycles. The monoisotopic (exact) mass is 186 g/mol. The molecule has 1 aliphatic rings. The molecule has 0 aromatic heterocycles. The molecule has 1 rings (SSSR count). The summed E-state index contributed by atoms with van der Waals surface area (Å²) in [5, 5.41) is 18.1. The fraction of sp³-hybridized carbons (Fsp3) is 0.900. The van der Waals surface area contributed by atoms with Gasteiger partial charge in [-0.2, -0.15) is 0 Å². The number of carboxylic acids is 1. The van der Waals surface area contributed by atoms with Gasteiger partial charge in [0.05, 0.1) is 5.92 Å². The first-order valence-electron chi connectivity index (χ1n) is 4.59. The van der Waals surface area contributed by atoms with Crippen LogP contribution in [0, 0.1) is 22.7 Å². The number of aliphatic hydroxyl groups is 1. The molecule has 0 amide bonds. The van der Waals surface area contributed by atoms with Crippen LogP contribution in [0.15, 0.2) is 0 Å². The number of rotatable bonds is 3. The lowest BCUT2D eigenvalue weighted by Gasteiger charge is -2.23. The molecule has 2 atom stereocenters. The van der Waals surface area contributed by atoms with Gasteiger partial charge in [-0.1, -0.05) is 27.7 Å². The third-order valence-corrected chi connectivity index (χ3v) is 3.34. The van der Waals surface area contributed by atoms with Gasteiger partial charge in [-0.25, -0.2) is 0 Å². The summed E-state index contributed by atoms with van der Waals surface area (Å²) in [6.07, 6.45) is 0. The number of carbonyl (C=O) groups is 1. The van der Waals surface area contributed by atoms with Crippen LogP contribution in [0.1, 0.15) is 27.7 Å². The summed E-state index contributed by atoms with van der Waals surface area (Å²) in [6, 6.07) is 0. The van der Waals surface area contributed by atoms with Crippen molar-refractivity contribution in [2.24, 2.45) is 22.7 Å². The van der Waals surface area contributed by atoms with Crippen LogP contribution in [0.3, 0.4) is 0 Å². The zero-order valence-corrected chi connectivity index (χ0v) is 8.66. The Kier molecular flexibility index (Phi) is 2.19. The van der Waals surface area contributed by atoms with Crippen molar-refractivity contribution in [1.82, 2.24) is 0 Å². The molecule has 0 bridgehead atoms. The van der Waals surface area contributed by atoms with Gasteiger partial charge in [0.1, 0.15) is 0 Å². The first-order valence-corrected chi connectivity index (χ1v) is 4.59. The van der Waals surface area contributed by atoms with Gasteiger partial charge in [-0.05, 0) is 16.7 Å². The quantitative estimate of drug-likeness (QED) is 0.699. The van der Waals surface area contributed by atoms with E-state index in [0.29, 0.717) is 0 Å². The standard InChI is InChI=1S/C10H18O3/c1-9(2,5-11)7-6(8(12)13)10(7,3)4/h6-7,11H,5H2,1-4H3,(H,12,13)/t6-,7-/m1/s1. The molecule has 0 spiro atoms. The van der Waals surface area contributed by atoms with Crippen LogP contribution >= 0.6 is 0 Å². The molecular weight excluding hydrogens is 168 g/mol. The highest BCUT2D eigenvalue weighted by atomic mass is 16.4. The van der Waals surface area contributed by atoms with E-state index < -0.39 is 5.97 Å². The van der Waals surface area contributed by atoms with Crippen molar-refractivity contribution in [2.45, 2.75) is 27.7 Å². The Morgan fingerprint density at radius 1 is 1.46 bits per heavy atom. The SMILES string of the molecule is CC(C)(CO)[C@H]1[C@H](C(=O)O)C1(C)C. The number of hydrogen-bond acceptors (Lipinski definition) is 2. The van der Waals surface area contributed by atoms with Crippen LogP contribution in [-0.4, -0.2) is 22.8 Å². The van der Waals surface area contributed by atoms with Crippen molar-refractivity contribution in [1.29, 1.82) is 0 Å². The van der Waals surface area contributed by atoms with Crippen molar-refractivity contribution in [2.75, 3.05) is 6.61 Å². The predicted molar refractivity (Wildman–Crippen MR) is 49.3 cm³/mol. The molecule has 1 aliphatic carbocycles. The molecule has 0 aromatic rings. The lowest BCUT2D eigenvalue weighted by Crippen LogP contribution is -2.23. The first-order chi connectivity index (χ1) is 5.75. The lowest BCUT2D eigenvalue weighted by molar-refractivity contribution is -0.139. The van der Waals surface area contributed by atoms with Gasteiger partial charge in [0.25, 0.3) is 0 Å². The number of aliphatic carboxylic acids is 1. The van der Waals surface area contributed by atoms with E-state index in [1.807, 2.05) is 27.7 Å². The number of aliphatic hydroxyl groups excluding tert-OH is 1. The van der Waals surface area contributed by atoms with E-state index in [0.717, 1.165) is 0 Å². The fourth-order valence-corrected chi connectivity index (χ4v) is 2.66. The topological polar surface area (TPSA) is 57.5 Å². The highest BCUT2D eigenvalue weighted by molar-refractivity contribution is 5.75. The van der Waals surface area contributed by atoms with Crippen molar-refractivity contribution >= 4 is 5.97 Å². The molecular formula is C10H18O3. The maximum absolute atomic E-state index is 10.9. The second-order valence-electron chi connectivity index (χ2n) is 5.26. The third kappa shape index (κ3) is 1.46. The van der Waals surface area contributed by atoms with Crippen molar-refractivity contribution in [3.63, 3.8) is 0 Å². The molecule has 0 aromatic carbocycles. The van der Waals surface area contributed by atoms with Crippen LogP contribution in [0.25, 0.3) is 0 Å². The second-order valence-corrected chi connectivity index (χ2v) is 5.26. The summed E-state index contributed by atoms with van der Waals surface area (Å²) in [7, 11) is 0. The van der Waals surface area contributed by atoms with Crippen molar-refractivity contribution in [3.8, 4) is 0 Å². The molecule has 0 radical (unpaired) electrons. The summed E-state index contributed by atoms with van der Waals surface area (Å²) in [4.78, 5) is 10.9. The van der Waals surface area contributed by atoms with Crippen LogP contribution in [-0.2, 0) is 4.79 Å². The van der Waals surface area contributed by atoms with Crippen molar-refractivity contribution in [3.05, 3.63) is 0 Å². The molecule has 1 saturated carbocycles. The van der Waals surface area contributed by atoms with E-state index in [2.05, 4.69) is 0 Å².